The van der Waals surface area contributed by atoms with E-state index in [-0.39, 0.29) is 17.5 Å². The maximum absolute atomic E-state index is 12.7. The van der Waals surface area contributed by atoms with Gasteiger partial charge in [0.25, 0.3) is 5.91 Å². The highest BCUT2D eigenvalue weighted by molar-refractivity contribution is 6.44. The number of hydrogen-bond acceptors (Lipinski definition) is 3. The zero-order chi connectivity index (χ0) is 21.0. The minimum Gasteiger partial charge on any atom is -0.496 e. The number of benzene rings is 3. The van der Waals surface area contributed by atoms with E-state index in [0.717, 1.165) is 11.1 Å². The molecular weight excluding hydrogens is 433 g/mol. The molecular formula is C22H18Cl3NO3. The van der Waals surface area contributed by atoms with Gasteiger partial charge in [-0.05, 0) is 61.0 Å². The summed E-state index contributed by atoms with van der Waals surface area (Å²) in [6, 6.07) is 15.6. The van der Waals surface area contributed by atoms with Crippen molar-refractivity contribution < 1.29 is 14.3 Å². The molecule has 0 fully saturated rings. The maximum atomic E-state index is 12.7. The number of aryl methyl sites for hydroxylation is 1. The first-order valence-electron chi connectivity index (χ1n) is 8.70. The van der Waals surface area contributed by atoms with Crippen LogP contribution in [0.2, 0.25) is 15.1 Å². The van der Waals surface area contributed by atoms with E-state index in [2.05, 4.69) is 5.32 Å². The summed E-state index contributed by atoms with van der Waals surface area (Å²) >= 11 is 18.2. The molecule has 0 spiro atoms. The molecule has 150 valence electrons. The van der Waals surface area contributed by atoms with Gasteiger partial charge in [0.2, 0.25) is 0 Å². The average molecular weight is 451 g/mol. The van der Waals surface area contributed by atoms with E-state index < -0.39 is 0 Å². The minimum atomic E-state index is -0.319. The molecule has 0 bridgehead atoms. The standard InChI is InChI=1S/C22H18Cl3NO3/c1-13-10-16(7-8-17(13)23)29-12-15-11-14(6-9-20(15)28-2)22(27)26-19-5-3-4-18(24)21(19)25/h3-11H,12H2,1-2H3,(H,26,27). The summed E-state index contributed by atoms with van der Waals surface area (Å²) in [5.74, 6) is 0.975. The predicted octanol–water partition coefficient (Wildman–Crippen LogP) is 6.80. The Labute approximate surface area is 184 Å². The van der Waals surface area contributed by atoms with Crippen LogP contribution in [-0.4, -0.2) is 13.0 Å². The van der Waals surface area contributed by atoms with Crippen LogP contribution in [0, 0.1) is 6.92 Å². The molecule has 0 aromatic heterocycles. The fourth-order valence-corrected chi connectivity index (χ4v) is 3.16. The minimum absolute atomic E-state index is 0.225. The van der Waals surface area contributed by atoms with Gasteiger partial charge in [0, 0.05) is 16.1 Å². The van der Waals surface area contributed by atoms with Gasteiger partial charge >= 0.3 is 0 Å². The Morgan fingerprint density at radius 2 is 1.79 bits per heavy atom. The number of carbonyl (C=O) groups excluding carboxylic acids is 1. The molecule has 0 atom stereocenters. The normalized spacial score (nSPS) is 10.5. The van der Waals surface area contributed by atoms with Crippen LogP contribution in [0.15, 0.2) is 54.6 Å². The van der Waals surface area contributed by atoms with Crippen molar-refractivity contribution in [3.8, 4) is 11.5 Å². The first kappa shape index (κ1) is 21.3. The third kappa shape index (κ3) is 5.15. The highest BCUT2D eigenvalue weighted by Crippen LogP contribution is 2.30. The van der Waals surface area contributed by atoms with Gasteiger partial charge in [-0.3, -0.25) is 4.79 Å². The van der Waals surface area contributed by atoms with E-state index >= 15 is 0 Å². The van der Waals surface area contributed by atoms with E-state index in [9.17, 15) is 4.79 Å². The second-order valence-electron chi connectivity index (χ2n) is 6.28. The van der Waals surface area contributed by atoms with Crippen LogP contribution >= 0.6 is 34.8 Å². The highest BCUT2D eigenvalue weighted by Gasteiger charge is 2.14. The van der Waals surface area contributed by atoms with Crippen LogP contribution in [-0.2, 0) is 6.61 Å². The molecule has 29 heavy (non-hydrogen) atoms. The zero-order valence-corrected chi connectivity index (χ0v) is 18.0. The second-order valence-corrected chi connectivity index (χ2v) is 7.47. The number of halogens is 3. The molecule has 4 nitrogen and oxygen atoms in total. The van der Waals surface area contributed by atoms with Gasteiger partial charge in [0.15, 0.2) is 0 Å². The number of carbonyl (C=O) groups is 1. The van der Waals surface area contributed by atoms with Gasteiger partial charge in [-0.25, -0.2) is 0 Å². The SMILES string of the molecule is COc1ccc(C(=O)Nc2cccc(Cl)c2Cl)cc1COc1ccc(Cl)c(C)c1. The number of anilines is 1. The second kappa shape index (κ2) is 9.40. The van der Waals surface area contributed by atoms with Crippen molar-refractivity contribution >= 4 is 46.4 Å². The maximum Gasteiger partial charge on any atom is 0.255 e. The van der Waals surface area contributed by atoms with Gasteiger partial charge in [0.1, 0.15) is 18.1 Å². The lowest BCUT2D eigenvalue weighted by atomic mass is 10.1. The summed E-state index contributed by atoms with van der Waals surface area (Å²) in [4.78, 5) is 12.7. The van der Waals surface area contributed by atoms with Crippen LogP contribution in [0.4, 0.5) is 5.69 Å². The van der Waals surface area contributed by atoms with Crippen LogP contribution in [0.25, 0.3) is 0 Å². The monoisotopic (exact) mass is 449 g/mol. The van der Waals surface area contributed by atoms with Crippen LogP contribution in [0.1, 0.15) is 21.5 Å². The molecule has 0 unspecified atom stereocenters. The quantitative estimate of drug-likeness (QED) is 0.449. The van der Waals surface area contributed by atoms with Crippen LogP contribution in [0.3, 0.4) is 0 Å². The Bertz CT molecular complexity index is 1050. The summed E-state index contributed by atoms with van der Waals surface area (Å²) in [6.45, 7) is 2.13. The number of hydrogen-bond donors (Lipinski definition) is 1. The molecule has 1 amide bonds. The first-order chi connectivity index (χ1) is 13.9. The zero-order valence-electron chi connectivity index (χ0n) is 15.8. The van der Waals surface area contributed by atoms with Gasteiger partial charge in [-0.2, -0.15) is 0 Å². The average Bonchev–Trinajstić information content (AvgIpc) is 2.72. The molecule has 3 aromatic rings. The molecule has 0 aliphatic carbocycles. The lowest BCUT2D eigenvalue weighted by Crippen LogP contribution is -2.13. The topological polar surface area (TPSA) is 47.6 Å². The van der Waals surface area contributed by atoms with Gasteiger partial charge in [-0.15, -0.1) is 0 Å². The van der Waals surface area contributed by atoms with Crippen molar-refractivity contribution in [1.82, 2.24) is 0 Å². The number of methoxy groups -OCH3 is 1. The van der Waals surface area contributed by atoms with E-state index in [0.29, 0.717) is 32.8 Å². The van der Waals surface area contributed by atoms with Crippen molar-refractivity contribution in [2.24, 2.45) is 0 Å². The smallest absolute Gasteiger partial charge is 0.255 e. The third-order valence-electron chi connectivity index (χ3n) is 4.27. The predicted molar refractivity (Wildman–Crippen MR) is 118 cm³/mol. The van der Waals surface area contributed by atoms with Crippen molar-refractivity contribution in [3.05, 3.63) is 86.4 Å². The summed E-state index contributed by atoms with van der Waals surface area (Å²) < 4.78 is 11.2. The number of ether oxygens (including phenoxy) is 2. The summed E-state index contributed by atoms with van der Waals surface area (Å²) in [5.41, 5.74) is 2.52. The molecule has 0 radical (unpaired) electrons. The van der Waals surface area contributed by atoms with Crippen molar-refractivity contribution in [3.63, 3.8) is 0 Å². The molecule has 0 saturated carbocycles. The van der Waals surface area contributed by atoms with E-state index in [1.807, 2.05) is 13.0 Å². The molecule has 7 heteroatoms. The van der Waals surface area contributed by atoms with E-state index in [4.69, 9.17) is 44.3 Å². The van der Waals surface area contributed by atoms with Crippen molar-refractivity contribution in [2.45, 2.75) is 13.5 Å². The van der Waals surface area contributed by atoms with E-state index in [1.165, 1.54) is 0 Å². The molecule has 3 rings (SSSR count). The van der Waals surface area contributed by atoms with Crippen LogP contribution < -0.4 is 14.8 Å². The Kier molecular flexibility index (Phi) is 6.91. The van der Waals surface area contributed by atoms with Gasteiger partial charge < -0.3 is 14.8 Å². The van der Waals surface area contributed by atoms with Crippen molar-refractivity contribution in [2.75, 3.05) is 12.4 Å². The number of amides is 1. The molecule has 0 aliphatic heterocycles. The molecule has 1 N–H and O–H groups in total. The molecule has 3 aromatic carbocycles. The fraction of sp³-hybridized carbons (Fsp3) is 0.136. The van der Waals surface area contributed by atoms with Crippen LogP contribution in [0.5, 0.6) is 11.5 Å². The first-order valence-corrected chi connectivity index (χ1v) is 9.83. The lowest BCUT2D eigenvalue weighted by molar-refractivity contribution is 0.102. The van der Waals surface area contributed by atoms with E-state index in [1.54, 1.807) is 55.6 Å². The number of rotatable bonds is 6. The largest absolute Gasteiger partial charge is 0.496 e. The Morgan fingerprint density at radius 1 is 1.00 bits per heavy atom. The van der Waals surface area contributed by atoms with Gasteiger partial charge in [-0.1, -0.05) is 40.9 Å². The summed E-state index contributed by atoms with van der Waals surface area (Å²) in [5, 5.41) is 4.10. The Morgan fingerprint density at radius 3 is 2.52 bits per heavy atom. The number of nitrogens with one attached hydrogen (secondary N) is 1. The fourth-order valence-electron chi connectivity index (χ4n) is 2.70. The molecule has 0 heterocycles. The van der Waals surface area contributed by atoms with Crippen molar-refractivity contribution in [1.29, 1.82) is 0 Å². The highest BCUT2D eigenvalue weighted by atomic mass is 35.5. The Balaban J connectivity index is 1.79. The third-order valence-corrected chi connectivity index (χ3v) is 5.51. The lowest BCUT2D eigenvalue weighted by Gasteiger charge is -2.13. The van der Waals surface area contributed by atoms with Gasteiger partial charge in [0.05, 0.1) is 22.8 Å². The molecule has 0 aliphatic rings. The Hall–Kier alpha value is -2.40. The summed E-state index contributed by atoms with van der Waals surface area (Å²) in [7, 11) is 1.57. The summed E-state index contributed by atoms with van der Waals surface area (Å²) in [6.07, 6.45) is 0. The molecule has 0 saturated heterocycles.